The molecule has 9 heteroatoms. The highest BCUT2D eigenvalue weighted by Crippen LogP contribution is 2.35. The lowest BCUT2D eigenvalue weighted by molar-refractivity contribution is -0.118. The number of Topliss-reactive ketones (excluding diaryl/α,β-unsaturated/α-hetero) is 1. The van der Waals surface area contributed by atoms with E-state index in [-0.39, 0.29) is 23.5 Å². The lowest BCUT2D eigenvalue weighted by atomic mass is 9.75. The molecule has 29 heavy (non-hydrogen) atoms. The minimum atomic E-state index is -0.862. The van der Waals surface area contributed by atoms with Crippen molar-refractivity contribution in [3.63, 3.8) is 0 Å². The van der Waals surface area contributed by atoms with Gasteiger partial charge in [-0.1, -0.05) is 32.0 Å². The van der Waals surface area contributed by atoms with Gasteiger partial charge in [0, 0.05) is 28.2 Å². The number of aromatic nitrogens is 1. The third kappa shape index (κ3) is 4.25. The molecule has 0 unspecified atom stereocenters. The number of carbonyl (C=O) groups excluding carboxylic acids is 3. The van der Waals surface area contributed by atoms with Crippen LogP contribution in [0.5, 0.6) is 0 Å². The number of nitrogens with zero attached hydrogens (tertiary/aromatic N) is 4. The van der Waals surface area contributed by atoms with E-state index in [2.05, 4.69) is 15.3 Å². The molecule has 0 saturated carbocycles. The number of rotatable bonds is 4. The van der Waals surface area contributed by atoms with Crippen LogP contribution >= 0.6 is 0 Å². The predicted molar refractivity (Wildman–Crippen MR) is 106 cm³/mol. The van der Waals surface area contributed by atoms with Gasteiger partial charge in [-0.2, -0.15) is 0 Å². The summed E-state index contributed by atoms with van der Waals surface area (Å²) < 4.78 is 1.12. The van der Waals surface area contributed by atoms with Crippen molar-refractivity contribution in [3.8, 4) is 0 Å². The smallest absolute Gasteiger partial charge is 0.274 e. The maximum Gasteiger partial charge on any atom is 0.274 e. The number of ketones is 1. The van der Waals surface area contributed by atoms with Crippen molar-refractivity contribution in [1.29, 1.82) is 0 Å². The zero-order valence-electron chi connectivity index (χ0n) is 16.0. The van der Waals surface area contributed by atoms with Crippen LogP contribution in [0.1, 0.15) is 46.7 Å². The molecule has 2 aromatic rings. The van der Waals surface area contributed by atoms with Crippen molar-refractivity contribution >= 4 is 23.3 Å². The number of fused-ring (bicyclic) bond motifs is 1. The highest BCUT2D eigenvalue weighted by molar-refractivity contribution is 6.05. The molecule has 1 aliphatic rings. The second kappa shape index (κ2) is 7.73. The molecule has 9 nitrogen and oxygen atoms in total. The Bertz CT molecular complexity index is 1110. The Morgan fingerprint density at radius 2 is 1.90 bits per heavy atom. The molecular formula is C20H19N5O4. The Morgan fingerprint density at radius 1 is 1.21 bits per heavy atom. The lowest BCUT2D eigenvalue weighted by Gasteiger charge is -2.32. The molecule has 3 rings (SSSR count). The number of hydrogen-bond acceptors (Lipinski definition) is 4. The largest absolute Gasteiger partial charge is 0.317 e. The molecule has 0 aliphatic heterocycles. The van der Waals surface area contributed by atoms with E-state index in [1.54, 1.807) is 30.3 Å². The second-order valence-electron chi connectivity index (χ2n) is 7.65. The summed E-state index contributed by atoms with van der Waals surface area (Å²) in [6.07, 6.45) is 0.661. The van der Waals surface area contributed by atoms with E-state index in [0.717, 1.165) is 4.57 Å². The van der Waals surface area contributed by atoms with Gasteiger partial charge in [-0.15, -0.1) is 0 Å². The van der Waals surface area contributed by atoms with Crippen LogP contribution in [0.15, 0.2) is 46.3 Å². The SMILES string of the molecule is CC1(C)CC(=O)c2cc(NC(=O)c3ccccc3)c(=O)n(CC(=O)N=[N+]=[N-])c2C1. The average Bonchev–Trinajstić information content (AvgIpc) is 2.66. The Labute approximate surface area is 166 Å². The molecule has 0 radical (unpaired) electrons. The Kier molecular flexibility index (Phi) is 5.34. The first-order chi connectivity index (χ1) is 13.7. The van der Waals surface area contributed by atoms with Crippen molar-refractivity contribution in [2.45, 2.75) is 33.2 Å². The molecule has 1 aromatic carbocycles. The minimum absolute atomic E-state index is 0.112. The number of amides is 2. The van der Waals surface area contributed by atoms with Crippen molar-refractivity contribution in [1.82, 2.24) is 4.57 Å². The fraction of sp³-hybridized carbons (Fsp3) is 0.300. The zero-order chi connectivity index (χ0) is 21.2. The Balaban J connectivity index is 2.11. The van der Waals surface area contributed by atoms with Crippen LogP contribution in [0.25, 0.3) is 10.4 Å². The molecular weight excluding hydrogens is 374 g/mol. The van der Waals surface area contributed by atoms with Gasteiger partial charge in [0.1, 0.15) is 5.69 Å². The van der Waals surface area contributed by atoms with Crippen LogP contribution in [-0.2, 0) is 17.8 Å². The van der Waals surface area contributed by atoms with Gasteiger partial charge in [-0.05, 0) is 40.7 Å². The van der Waals surface area contributed by atoms with Crippen molar-refractivity contribution in [2.75, 3.05) is 5.32 Å². The number of benzene rings is 1. The normalized spacial score (nSPS) is 14.5. The number of nitrogens with one attached hydrogen (secondary N) is 1. The monoisotopic (exact) mass is 393 g/mol. The van der Waals surface area contributed by atoms with E-state index < -0.39 is 29.3 Å². The molecule has 0 atom stereocenters. The molecule has 0 fully saturated rings. The maximum atomic E-state index is 13.0. The van der Waals surface area contributed by atoms with Crippen molar-refractivity contribution in [2.24, 2.45) is 10.5 Å². The van der Waals surface area contributed by atoms with Gasteiger partial charge in [0.25, 0.3) is 11.5 Å². The predicted octanol–water partition coefficient (Wildman–Crippen LogP) is 3.09. The molecule has 0 saturated heterocycles. The van der Waals surface area contributed by atoms with Crippen molar-refractivity contribution < 1.29 is 14.4 Å². The second-order valence-corrected chi connectivity index (χ2v) is 7.65. The number of azide groups is 1. The summed E-state index contributed by atoms with van der Waals surface area (Å²) >= 11 is 0. The molecule has 1 N–H and O–H groups in total. The number of hydrogen-bond donors (Lipinski definition) is 1. The van der Waals surface area contributed by atoms with E-state index in [1.165, 1.54) is 6.07 Å². The van der Waals surface area contributed by atoms with Crippen molar-refractivity contribution in [3.05, 3.63) is 74.0 Å². The van der Waals surface area contributed by atoms with Gasteiger partial charge in [0.2, 0.25) is 5.91 Å². The molecule has 1 aromatic heterocycles. The van der Waals surface area contributed by atoms with Crippen LogP contribution in [0, 0.1) is 5.41 Å². The van der Waals surface area contributed by atoms with Crippen LogP contribution in [0.2, 0.25) is 0 Å². The molecule has 148 valence electrons. The van der Waals surface area contributed by atoms with Gasteiger partial charge in [0.15, 0.2) is 5.78 Å². The third-order valence-corrected chi connectivity index (χ3v) is 4.72. The summed E-state index contributed by atoms with van der Waals surface area (Å²) in [6, 6.07) is 9.67. The van der Waals surface area contributed by atoms with E-state index in [9.17, 15) is 19.2 Å². The summed E-state index contributed by atoms with van der Waals surface area (Å²) in [5.74, 6) is -1.56. The molecule has 1 aliphatic carbocycles. The first-order valence-corrected chi connectivity index (χ1v) is 8.96. The minimum Gasteiger partial charge on any atom is -0.317 e. The number of anilines is 1. The molecule has 0 bridgehead atoms. The summed E-state index contributed by atoms with van der Waals surface area (Å²) in [7, 11) is 0. The van der Waals surface area contributed by atoms with Gasteiger partial charge >= 0.3 is 0 Å². The fourth-order valence-electron chi connectivity index (χ4n) is 3.44. The molecule has 2 amide bonds. The average molecular weight is 393 g/mol. The number of pyridine rings is 1. The van der Waals surface area contributed by atoms with Gasteiger partial charge < -0.3 is 9.88 Å². The quantitative estimate of drug-likeness (QED) is 0.485. The molecule has 0 spiro atoms. The summed E-state index contributed by atoms with van der Waals surface area (Å²) in [6.45, 7) is 3.27. The summed E-state index contributed by atoms with van der Waals surface area (Å²) in [5, 5.41) is 5.54. The van der Waals surface area contributed by atoms with E-state index >= 15 is 0 Å². The summed E-state index contributed by atoms with van der Waals surface area (Å²) in [5.41, 5.74) is 8.36. The maximum absolute atomic E-state index is 13.0. The van der Waals surface area contributed by atoms with Gasteiger partial charge in [-0.3, -0.25) is 19.2 Å². The number of carbonyl (C=O) groups is 3. The summed E-state index contributed by atoms with van der Waals surface area (Å²) in [4.78, 5) is 52.5. The third-order valence-electron chi connectivity index (χ3n) is 4.72. The Hall–Kier alpha value is -3.71. The van der Waals surface area contributed by atoms with Crippen LogP contribution in [0.3, 0.4) is 0 Å². The van der Waals surface area contributed by atoms with Gasteiger partial charge in [0.05, 0.1) is 6.54 Å². The van der Waals surface area contributed by atoms with E-state index in [0.29, 0.717) is 17.7 Å². The topological polar surface area (TPSA) is 134 Å². The van der Waals surface area contributed by atoms with Gasteiger partial charge in [-0.25, -0.2) is 0 Å². The van der Waals surface area contributed by atoms with E-state index in [4.69, 9.17) is 5.53 Å². The van der Waals surface area contributed by atoms with E-state index in [1.807, 2.05) is 13.8 Å². The first-order valence-electron chi connectivity index (χ1n) is 8.96. The lowest BCUT2D eigenvalue weighted by Crippen LogP contribution is -2.37. The van der Waals surface area contributed by atoms with Crippen LogP contribution in [0.4, 0.5) is 5.69 Å². The van der Waals surface area contributed by atoms with Crippen LogP contribution in [-0.4, -0.2) is 22.2 Å². The highest BCUT2D eigenvalue weighted by atomic mass is 16.2. The van der Waals surface area contributed by atoms with Crippen LogP contribution < -0.4 is 10.9 Å². The standard InChI is InChI=1S/C20H19N5O4/c1-20(2)9-15-13(16(26)10-20)8-14(19(29)25(15)11-17(27)23-24-21)22-18(28)12-6-4-3-5-7-12/h3-8H,9-11H2,1-2H3,(H,22,28). The first kappa shape index (κ1) is 20.0. The molecule has 1 heterocycles. The zero-order valence-corrected chi connectivity index (χ0v) is 16.0. The highest BCUT2D eigenvalue weighted by Gasteiger charge is 2.34. The Morgan fingerprint density at radius 3 is 2.55 bits per heavy atom. The fourth-order valence-corrected chi connectivity index (χ4v) is 3.44.